The van der Waals surface area contributed by atoms with Gasteiger partial charge in [-0.1, -0.05) is 0 Å². The molecule has 0 radical (unpaired) electrons. The molecule has 40 heavy (non-hydrogen) atoms. The minimum absolute atomic E-state index is 0.0239. The third kappa shape index (κ3) is 13.5. The van der Waals surface area contributed by atoms with Crippen LogP contribution < -0.4 is 4.65 Å². The lowest BCUT2D eigenvalue weighted by Crippen LogP contribution is -2.61. The molecule has 0 fully saturated rings. The molecule has 5 nitrogen and oxygen atoms in total. The fourth-order valence-corrected chi connectivity index (χ4v) is 6.80. The summed E-state index contributed by atoms with van der Waals surface area (Å²) in [5, 5.41) is 16.4. The second-order valence-corrected chi connectivity index (χ2v) is 15.9. The third-order valence-corrected chi connectivity index (χ3v) is 5.32. The molecule has 2 N–H and O–H groups in total. The van der Waals surface area contributed by atoms with Crippen molar-refractivity contribution >= 4 is 7.32 Å². The van der Waals surface area contributed by atoms with E-state index < -0.39 is 36.3 Å². The Morgan fingerprint density at radius 1 is 0.500 bits per heavy atom. The lowest BCUT2D eigenvalue weighted by atomic mass is 9.88. The minimum atomic E-state index is -2.52. The smallest absolute Gasteiger partial charge is 0.507 e. The summed E-state index contributed by atoms with van der Waals surface area (Å²) >= 11 is 0. The molecule has 0 aliphatic heterocycles. The molecular weight excluding hydrogens is 523 g/mol. The maximum absolute atomic E-state index is 12.7. The van der Waals surface area contributed by atoms with Crippen molar-refractivity contribution in [2.75, 3.05) is 0 Å². The molecule has 0 aliphatic carbocycles. The van der Waals surface area contributed by atoms with E-state index in [4.69, 9.17) is 10.0 Å². The van der Waals surface area contributed by atoms with Crippen molar-refractivity contribution in [2.45, 2.75) is 158 Å². The summed E-state index contributed by atoms with van der Waals surface area (Å²) in [5.74, 6) is -8.62. The molecule has 0 atom stereocenters. The highest BCUT2D eigenvalue weighted by molar-refractivity contribution is 6.33. The van der Waals surface area contributed by atoms with E-state index in [-0.39, 0.29) is 39.3 Å². The van der Waals surface area contributed by atoms with Gasteiger partial charge in [0.1, 0.15) is 0 Å². The Hall–Kier alpha value is -1.36. The van der Waals surface area contributed by atoms with Gasteiger partial charge in [-0.15, -0.1) is 0 Å². The summed E-state index contributed by atoms with van der Waals surface area (Å²) in [6.45, 7) is 41.1. The molecule has 1 aromatic rings. The molecule has 0 saturated heterocycles. The van der Waals surface area contributed by atoms with Gasteiger partial charge in [-0.25, -0.2) is 13.2 Å². The zero-order valence-electron chi connectivity index (χ0n) is 28.4. The molecule has 1 rings (SSSR count). The van der Waals surface area contributed by atoms with Crippen LogP contribution in [-0.2, 0) is 0 Å². The molecule has 0 saturated carbocycles. The third-order valence-electron chi connectivity index (χ3n) is 5.32. The lowest BCUT2D eigenvalue weighted by Gasteiger charge is -2.53. The van der Waals surface area contributed by atoms with Crippen LogP contribution in [0.3, 0.4) is 0 Å². The number of hydrogen-bond acceptors (Lipinski definition) is 5. The monoisotopic (exact) mass is 580 g/mol. The SMILES string of the molecule is CC(C)(C)N(C(C)(C)C)C(C)(C)C.CC(C)(C)N(C(C)(C)C)C(C)(C)C.OB(O)Oc1c(F)cc(F)c(F)c1F. The van der Waals surface area contributed by atoms with Gasteiger partial charge in [-0.2, -0.15) is 4.39 Å². The zero-order chi connectivity index (χ0) is 33.0. The van der Waals surface area contributed by atoms with Crippen molar-refractivity contribution < 1.29 is 32.3 Å². The van der Waals surface area contributed by atoms with Crippen LogP contribution in [0.25, 0.3) is 0 Å². The molecule has 0 spiro atoms. The number of nitrogens with zero attached hydrogens (tertiary/aromatic N) is 2. The van der Waals surface area contributed by atoms with Gasteiger partial charge in [0, 0.05) is 39.3 Å². The second kappa shape index (κ2) is 13.7. The average molecular weight is 581 g/mol. The van der Waals surface area contributed by atoms with E-state index in [0.29, 0.717) is 0 Å². The lowest BCUT2D eigenvalue weighted by molar-refractivity contribution is -0.0409. The molecule has 0 amide bonds. The molecular formula is C30H57BF4N2O3. The highest BCUT2D eigenvalue weighted by atomic mass is 19.2. The highest BCUT2D eigenvalue weighted by Crippen LogP contribution is 2.34. The van der Waals surface area contributed by atoms with Gasteiger partial charge in [-0.3, -0.25) is 9.80 Å². The van der Waals surface area contributed by atoms with Crippen molar-refractivity contribution in [1.29, 1.82) is 0 Å². The Morgan fingerprint density at radius 3 is 0.925 bits per heavy atom. The number of rotatable bonds is 2. The van der Waals surface area contributed by atoms with Gasteiger partial charge < -0.3 is 14.7 Å². The maximum atomic E-state index is 12.7. The summed E-state index contributed by atoms with van der Waals surface area (Å²) < 4.78 is 53.9. The van der Waals surface area contributed by atoms with Crippen molar-refractivity contribution in [3.63, 3.8) is 0 Å². The number of benzene rings is 1. The van der Waals surface area contributed by atoms with Gasteiger partial charge >= 0.3 is 7.32 Å². The standard InChI is InChI=1S/2C12H27N.C6H3BF4O3/c2*1-10(2,3)13(11(4,5)6)12(7,8)9;8-2-1-3(9)6(14-7(12)13)5(11)4(2)10/h2*1-9H3;1,12-13H. The topological polar surface area (TPSA) is 56.2 Å². The first-order valence-electron chi connectivity index (χ1n) is 13.6. The van der Waals surface area contributed by atoms with Crippen LogP contribution in [0.15, 0.2) is 6.07 Å². The van der Waals surface area contributed by atoms with Crippen LogP contribution >= 0.6 is 0 Å². The predicted molar refractivity (Wildman–Crippen MR) is 159 cm³/mol. The van der Waals surface area contributed by atoms with E-state index in [1.165, 1.54) is 0 Å². The number of halogens is 4. The van der Waals surface area contributed by atoms with E-state index in [9.17, 15) is 17.6 Å². The average Bonchev–Trinajstić information content (AvgIpc) is 2.56. The first kappa shape index (κ1) is 40.8. The van der Waals surface area contributed by atoms with E-state index in [1.54, 1.807) is 0 Å². The van der Waals surface area contributed by atoms with E-state index in [2.05, 4.69) is 139 Å². The number of hydrogen-bond donors (Lipinski definition) is 2. The Kier molecular flexibility index (Phi) is 14.0. The Balaban J connectivity index is 0. The van der Waals surface area contributed by atoms with E-state index in [1.807, 2.05) is 0 Å². The first-order chi connectivity index (χ1) is 17.2. The maximum Gasteiger partial charge on any atom is 0.707 e. The molecule has 1 aromatic carbocycles. The van der Waals surface area contributed by atoms with Gasteiger partial charge in [0.05, 0.1) is 0 Å². The van der Waals surface area contributed by atoms with Crippen molar-refractivity contribution in [3.05, 3.63) is 29.3 Å². The molecule has 236 valence electrons. The molecule has 0 aliphatic rings. The normalized spacial score (nSPS) is 13.4. The Morgan fingerprint density at radius 2 is 0.750 bits per heavy atom. The van der Waals surface area contributed by atoms with E-state index >= 15 is 0 Å². The molecule has 0 unspecified atom stereocenters. The van der Waals surface area contributed by atoms with Crippen LogP contribution in [0.2, 0.25) is 0 Å². The van der Waals surface area contributed by atoms with Crippen LogP contribution in [0.5, 0.6) is 5.75 Å². The second-order valence-electron chi connectivity index (χ2n) is 15.9. The van der Waals surface area contributed by atoms with Crippen molar-refractivity contribution in [2.24, 2.45) is 0 Å². The Bertz CT molecular complexity index is 823. The minimum Gasteiger partial charge on any atom is -0.507 e. The van der Waals surface area contributed by atoms with Gasteiger partial charge in [-0.05, 0) is 125 Å². The summed E-state index contributed by atoms with van der Waals surface area (Å²) in [4.78, 5) is 5.12. The van der Waals surface area contributed by atoms with Gasteiger partial charge in [0.15, 0.2) is 23.2 Å². The summed E-state index contributed by atoms with van der Waals surface area (Å²) in [6.07, 6.45) is 0. The molecule has 10 heteroatoms. The van der Waals surface area contributed by atoms with Gasteiger partial charge in [0.2, 0.25) is 5.82 Å². The summed E-state index contributed by atoms with van der Waals surface area (Å²) in [6, 6.07) is 0.0239. The largest absolute Gasteiger partial charge is 0.707 e. The van der Waals surface area contributed by atoms with Crippen LogP contribution in [-0.4, -0.2) is 60.4 Å². The summed E-state index contributed by atoms with van der Waals surface area (Å²) in [7, 11) is -2.52. The van der Waals surface area contributed by atoms with Crippen molar-refractivity contribution in [1.82, 2.24) is 9.80 Å². The van der Waals surface area contributed by atoms with Crippen LogP contribution in [0.1, 0.15) is 125 Å². The Labute approximate surface area is 242 Å². The fraction of sp³-hybridized carbons (Fsp3) is 0.800. The van der Waals surface area contributed by atoms with Crippen LogP contribution in [0.4, 0.5) is 17.6 Å². The van der Waals surface area contributed by atoms with Crippen LogP contribution in [0, 0.1) is 23.3 Å². The highest BCUT2D eigenvalue weighted by Gasteiger charge is 2.40. The predicted octanol–water partition coefficient (Wildman–Crippen LogP) is 7.96. The zero-order valence-corrected chi connectivity index (χ0v) is 28.4. The molecule has 0 bridgehead atoms. The summed E-state index contributed by atoms with van der Waals surface area (Å²) in [5.41, 5.74) is 1.31. The van der Waals surface area contributed by atoms with Crippen molar-refractivity contribution in [3.8, 4) is 5.75 Å². The van der Waals surface area contributed by atoms with E-state index in [0.717, 1.165) is 0 Å². The molecule has 0 aromatic heterocycles. The van der Waals surface area contributed by atoms with Gasteiger partial charge in [0.25, 0.3) is 0 Å². The molecule has 0 heterocycles. The fourth-order valence-electron chi connectivity index (χ4n) is 6.80. The first-order valence-corrected chi connectivity index (χ1v) is 13.6. The quantitative estimate of drug-likeness (QED) is 0.161.